The number of rotatable bonds is 3. The molecular weight excluding hydrogens is 256 g/mol. The molecule has 80 valence electrons. The second-order valence-corrected chi connectivity index (χ2v) is 3.91. The highest BCUT2D eigenvalue weighted by Crippen LogP contribution is 2.23. The van der Waals surface area contributed by atoms with Crippen molar-refractivity contribution in [1.29, 1.82) is 0 Å². The summed E-state index contributed by atoms with van der Waals surface area (Å²) in [5, 5.41) is 0. The van der Waals surface area contributed by atoms with E-state index in [0.29, 0.717) is 6.61 Å². The van der Waals surface area contributed by atoms with Gasteiger partial charge in [-0.15, -0.1) is 0 Å². The summed E-state index contributed by atoms with van der Waals surface area (Å²) in [7, 11) is 0. The Labute approximate surface area is 98.1 Å². The summed E-state index contributed by atoms with van der Waals surface area (Å²) in [5.41, 5.74) is 1.89. The van der Waals surface area contributed by atoms with Crippen LogP contribution < -0.4 is 0 Å². The Morgan fingerprint density at radius 1 is 1.47 bits per heavy atom. The predicted molar refractivity (Wildman–Crippen MR) is 64.4 cm³/mol. The molecule has 0 aliphatic heterocycles. The van der Waals surface area contributed by atoms with E-state index in [9.17, 15) is 4.79 Å². The topological polar surface area (TPSA) is 26.3 Å². The van der Waals surface area contributed by atoms with Crippen LogP contribution in [0.4, 0.5) is 0 Å². The number of carbonyl (C=O) groups excluding carboxylic acids is 1. The van der Waals surface area contributed by atoms with Gasteiger partial charge in [-0.05, 0) is 31.1 Å². The molecule has 0 saturated heterocycles. The highest BCUT2D eigenvalue weighted by Gasteiger charge is 2.03. The smallest absolute Gasteiger partial charge is 0.331 e. The number of esters is 1. The lowest BCUT2D eigenvalue weighted by molar-refractivity contribution is -0.137. The SMILES string of the molecule is CCOC(=O)/C=C(\C)c1ccccc1Br. The van der Waals surface area contributed by atoms with E-state index in [2.05, 4.69) is 15.9 Å². The average molecular weight is 269 g/mol. The Morgan fingerprint density at radius 3 is 2.73 bits per heavy atom. The van der Waals surface area contributed by atoms with Gasteiger partial charge in [-0.2, -0.15) is 0 Å². The fraction of sp³-hybridized carbons (Fsp3) is 0.250. The van der Waals surface area contributed by atoms with Crippen molar-refractivity contribution in [3.05, 3.63) is 40.4 Å². The Hall–Kier alpha value is -1.09. The van der Waals surface area contributed by atoms with Gasteiger partial charge < -0.3 is 4.74 Å². The molecule has 2 nitrogen and oxygen atoms in total. The largest absolute Gasteiger partial charge is 0.463 e. The molecular formula is C12H13BrO2. The van der Waals surface area contributed by atoms with Crippen molar-refractivity contribution in [1.82, 2.24) is 0 Å². The van der Waals surface area contributed by atoms with Crippen LogP contribution in [0.15, 0.2) is 34.8 Å². The van der Waals surface area contributed by atoms with Crippen LogP contribution in [0.1, 0.15) is 19.4 Å². The molecule has 0 radical (unpaired) electrons. The molecule has 0 spiro atoms. The molecule has 0 amide bonds. The molecule has 0 aliphatic carbocycles. The zero-order valence-electron chi connectivity index (χ0n) is 8.79. The van der Waals surface area contributed by atoms with Gasteiger partial charge in [0.2, 0.25) is 0 Å². The quantitative estimate of drug-likeness (QED) is 0.620. The third-order valence-corrected chi connectivity index (χ3v) is 2.61. The van der Waals surface area contributed by atoms with E-state index in [1.165, 1.54) is 6.08 Å². The molecule has 0 unspecified atom stereocenters. The lowest BCUT2D eigenvalue weighted by atomic mass is 10.1. The summed E-state index contributed by atoms with van der Waals surface area (Å²) < 4.78 is 5.82. The van der Waals surface area contributed by atoms with Crippen molar-refractivity contribution in [2.45, 2.75) is 13.8 Å². The average Bonchev–Trinajstić information content (AvgIpc) is 2.18. The van der Waals surface area contributed by atoms with Gasteiger partial charge in [-0.1, -0.05) is 34.1 Å². The van der Waals surface area contributed by atoms with Gasteiger partial charge in [-0.3, -0.25) is 0 Å². The van der Waals surface area contributed by atoms with Crippen molar-refractivity contribution in [2.24, 2.45) is 0 Å². The number of allylic oxidation sites excluding steroid dienone is 1. The van der Waals surface area contributed by atoms with E-state index in [-0.39, 0.29) is 5.97 Å². The number of halogens is 1. The van der Waals surface area contributed by atoms with E-state index in [0.717, 1.165) is 15.6 Å². The van der Waals surface area contributed by atoms with Crippen LogP contribution in [0.25, 0.3) is 5.57 Å². The Balaban J connectivity index is 2.89. The fourth-order valence-electron chi connectivity index (χ4n) is 1.22. The maximum atomic E-state index is 11.2. The molecule has 1 aromatic carbocycles. The maximum absolute atomic E-state index is 11.2. The third-order valence-electron chi connectivity index (χ3n) is 1.92. The van der Waals surface area contributed by atoms with Gasteiger partial charge in [-0.25, -0.2) is 4.79 Å². The lowest BCUT2D eigenvalue weighted by Crippen LogP contribution is -2.00. The Morgan fingerprint density at radius 2 is 2.13 bits per heavy atom. The van der Waals surface area contributed by atoms with E-state index < -0.39 is 0 Å². The zero-order valence-corrected chi connectivity index (χ0v) is 10.4. The van der Waals surface area contributed by atoms with Crippen molar-refractivity contribution in [3.8, 4) is 0 Å². The van der Waals surface area contributed by atoms with E-state index in [1.54, 1.807) is 6.92 Å². The molecule has 0 N–H and O–H groups in total. The van der Waals surface area contributed by atoms with Gasteiger partial charge in [0, 0.05) is 10.5 Å². The minimum Gasteiger partial charge on any atom is -0.463 e. The van der Waals surface area contributed by atoms with Crippen molar-refractivity contribution < 1.29 is 9.53 Å². The molecule has 0 fully saturated rings. The number of hydrogen-bond acceptors (Lipinski definition) is 2. The van der Waals surface area contributed by atoms with Gasteiger partial charge in [0.25, 0.3) is 0 Å². The number of carbonyl (C=O) groups is 1. The van der Waals surface area contributed by atoms with Gasteiger partial charge in [0.1, 0.15) is 0 Å². The number of hydrogen-bond donors (Lipinski definition) is 0. The normalized spacial score (nSPS) is 11.3. The highest BCUT2D eigenvalue weighted by molar-refractivity contribution is 9.10. The Bertz CT molecular complexity index is 383. The second-order valence-electron chi connectivity index (χ2n) is 3.06. The molecule has 0 atom stereocenters. The van der Waals surface area contributed by atoms with Crippen molar-refractivity contribution >= 4 is 27.5 Å². The van der Waals surface area contributed by atoms with Crippen LogP contribution in [0.5, 0.6) is 0 Å². The molecule has 0 aromatic heterocycles. The lowest BCUT2D eigenvalue weighted by Gasteiger charge is -2.04. The van der Waals surface area contributed by atoms with Crippen molar-refractivity contribution in [2.75, 3.05) is 6.61 Å². The second kappa shape index (κ2) is 5.71. The molecule has 0 saturated carbocycles. The molecule has 1 rings (SSSR count). The number of benzene rings is 1. The predicted octanol–water partition coefficient (Wildman–Crippen LogP) is 3.42. The highest BCUT2D eigenvalue weighted by atomic mass is 79.9. The van der Waals surface area contributed by atoms with E-state index >= 15 is 0 Å². The third kappa shape index (κ3) is 3.51. The first-order chi connectivity index (χ1) is 7.15. The minimum absolute atomic E-state index is 0.300. The fourth-order valence-corrected chi connectivity index (χ4v) is 1.82. The van der Waals surface area contributed by atoms with Crippen LogP contribution in [-0.4, -0.2) is 12.6 Å². The molecule has 0 heterocycles. The Kier molecular flexibility index (Phi) is 4.56. The van der Waals surface area contributed by atoms with Gasteiger partial charge >= 0.3 is 5.97 Å². The van der Waals surface area contributed by atoms with Gasteiger partial charge in [0.05, 0.1) is 6.61 Å². The van der Waals surface area contributed by atoms with Crippen LogP contribution in [-0.2, 0) is 9.53 Å². The molecule has 0 bridgehead atoms. The summed E-state index contributed by atoms with van der Waals surface area (Å²) in [6.45, 7) is 4.08. The number of ether oxygens (including phenoxy) is 1. The van der Waals surface area contributed by atoms with Crippen LogP contribution in [0.3, 0.4) is 0 Å². The first-order valence-corrected chi connectivity index (χ1v) is 5.54. The van der Waals surface area contributed by atoms with E-state index in [1.807, 2.05) is 31.2 Å². The first kappa shape index (κ1) is 12.0. The monoisotopic (exact) mass is 268 g/mol. The summed E-state index contributed by atoms with van der Waals surface area (Å²) in [5.74, 6) is -0.300. The van der Waals surface area contributed by atoms with Crippen LogP contribution in [0, 0.1) is 0 Å². The maximum Gasteiger partial charge on any atom is 0.331 e. The molecule has 15 heavy (non-hydrogen) atoms. The van der Waals surface area contributed by atoms with E-state index in [4.69, 9.17) is 4.74 Å². The zero-order chi connectivity index (χ0) is 11.3. The standard InChI is InChI=1S/C12H13BrO2/c1-3-15-12(14)8-9(2)10-6-4-5-7-11(10)13/h4-8H,3H2,1-2H3/b9-8+. The van der Waals surface area contributed by atoms with Crippen LogP contribution in [0.2, 0.25) is 0 Å². The molecule has 0 aliphatic rings. The van der Waals surface area contributed by atoms with Crippen LogP contribution >= 0.6 is 15.9 Å². The van der Waals surface area contributed by atoms with Crippen molar-refractivity contribution in [3.63, 3.8) is 0 Å². The summed E-state index contributed by atoms with van der Waals surface area (Å²) in [4.78, 5) is 11.2. The molecule has 3 heteroatoms. The van der Waals surface area contributed by atoms with Gasteiger partial charge in [0.15, 0.2) is 0 Å². The molecule has 1 aromatic rings. The minimum atomic E-state index is -0.300. The summed E-state index contributed by atoms with van der Waals surface area (Å²) in [6, 6.07) is 7.76. The summed E-state index contributed by atoms with van der Waals surface area (Å²) >= 11 is 3.43. The summed E-state index contributed by atoms with van der Waals surface area (Å²) in [6.07, 6.45) is 1.50. The first-order valence-electron chi connectivity index (χ1n) is 4.75.